The van der Waals surface area contributed by atoms with Gasteiger partial charge in [-0.3, -0.25) is 0 Å². The van der Waals surface area contributed by atoms with E-state index in [4.69, 9.17) is 23.2 Å². The summed E-state index contributed by atoms with van der Waals surface area (Å²) in [6.07, 6.45) is 9.59. The van der Waals surface area contributed by atoms with Crippen LogP contribution >= 0.6 is 70.2 Å². The van der Waals surface area contributed by atoms with Gasteiger partial charge in [0, 0.05) is 29.8 Å². The van der Waals surface area contributed by atoms with E-state index in [1.54, 1.807) is 0 Å². The second kappa shape index (κ2) is 16.7. The van der Waals surface area contributed by atoms with Crippen LogP contribution in [0.4, 0.5) is 0 Å². The van der Waals surface area contributed by atoms with E-state index in [0.29, 0.717) is 27.0 Å². The van der Waals surface area contributed by atoms with Crippen molar-refractivity contribution in [3.63, 3.8) is 0 Å². The first-order valence-corrected chi connectivity index (χ1v) is 15.5. The van der Waals surface area contributed by atoms with Gasteiger partial charge in [-0.25, -0.2) is 0 Å². The molecule has 1 saturated carbocycles. The molecule has 0 radical (unpaired) electrons. The number of hydrogen-bond donors (Lipinski definition) is 2. The normalized spacial score (nSPS) is 18.0. The average molecular weight is 480 g/mol. The zero-order valence-electron chi connectivity index (χ0n) is 16.2. The summed E-state index contributed by atoms with van der Waals surface area (Å²) < 4.78 is 0. The molecule has 0 bridgehead atoms. The molecule has 0 aliphatic heterocycles. The number of nitrogens with one attached hydrogen (secondary N) is 2. The van der Waals surface area contributed by atoms with E-state index in [9.17, 15) is 0 Å². The van der Waals surface area contributed by atoms with Crippen LogP contribution in [-0.2, 0) is 0 Å². The third-order valence-electron chi connectivity index (χ3n) is 5.03. The van der Waals surface area contributed by atoms with Gasteiger partial charge in [0.1, 0.15) is 0 Å². The first-order chi connectivity index (χ1) is 12.7. The van der Waals surface area contributed by atoms with Crippen molar-refractivity contribution in [2.24, 2.45) is 11.3 Å². The molecule has 0 aromatic carbocycles. The maximum absolute atomic E-state index is 6.21. The molecular weight excluding hydrogens is 443 g/mol. The van der Waals surface area contributed by atoms with E-state index in [1.165, 1.54) is 37.2 Å². The molecular formula is C18H36Cl2N2S4. The Hall–Kier alpha value is 1.90. The highest BCUT2D eigenvalue weighted by Gasteiger charge is 2.51. The topological polar surface area (TPSA) is 24.1 Å². The van der Waals surface area contributed by atoms with Crippen LogP contribution in [0.5, 0.6) is 0 Å². The lowest BCUT2D eigenvalue weighted by Gasteiger charge is -2.34. The zero-order chi connectivity index (χ0) is 19.1. The summed E-state index contributed by atoms with van der Waals surface area (Å²) in [5.74, 6) is 4.23. The van der Waals surface area contributed by atoms with Gasteiger partial charge >= 0.3 is 0 Å². The van der Waals surface area contributed by atoms with Crippen molar-refractivity contribution in [3.05, 3.63) is 0 Å². The summed E-state index contributed by atoms with van der Waals surface area (Å²) in [7, 11) is 0. The fourth-order valence-corrected chi connectivity index (χ4v) is 7.05. The van der Waals surface area contributed by atoms with Crippen molar-refractivity contribution in [2.75, 3.05) is 66.4 Å². The molecule has 26 heavy (non-hydrogen) atoms. The SMILES string of the molecule is CSCCNCCC(CSCCl)C(SCCl)C1(CCNCCSC)CC1. The Morgan fingerprint density at radius 3 is 2.12 bits per heavy atom. The van der Waals surface area contributed by atoms with Crippen LogP contribution in [0.3, 0.4) is 0 Å². The van der Waals surface area contributed by atoms with Crippen LogP contribution in [0.1, 0.15) is 25.7 Å². The van der Waals surface area contributed by atoms with Crippen molar-refractivity contribution in [3.8, 4) is 0 Å². The van der Waals surface area contributed by atoms with Crippen LogP contribution in [0.25, 0.3) is 0 Å². The second-order valence-electron chi connectivity index (χ2n) is 6.82. The maximum atomic E-state index is 6.21. The van der Waals surface area contributed by atoms with Crippen LogP contribution in [0, 0.1) is 11.3 Å². The Bertz CT molecular complexity index is 336. The highest BCUT2D eigenvalue weighted by Crippen LogP contribution is 2.58. The van der Waals surface area contributed by atoms with Crippen molar-refractivity contribution in [1.82, 2.24) is 10.6 Å². The standard InChI is InChI=1S/C18H36Cl2N2S4/c1-23-11-9-21-7-3-16(13-25-14-19)17(26-15-20)18(4-5-18)6-8-22-10-12-24-2/h16-17,21-22H,3-15H2,1-2H3. The molecule has 2 atom stereocenters. The van der Waals surface area contributed by atoms with Crippen LogP contribution < -0.4 is 10.6 Å². The number of halogens is 2. The Morgan fingerprint density at radius 1 is 0.923 bits per heavy atom. The number of hydrogen-bond acceptors (Lipinski definition) is 6. The van der Waals surface area contributed by atoms with Gasteiger partial charge in [-0.05, 0) is 68.4 Å². The molecule has 0 saturated heterocycles. The van der Waals surface area contributed by atoms with Gasteiger partial charge in [0.25, 0.3) is 0 Å². The first-order valence-electron chi connectivity index (χ1n) is 9.44. The fourth-order valence-electron chi connectivity index (χ4n) is 3.46. The summed E-state index contributed by atoms with van der Waals surface area (Å²) in [5, 5.41) is 9.29. The van der Waals surface area contributed by atoms with Gasteiger partial charge in [0.05, 0.1) is 10.4 Å². The Kier molecular flexibility index (Phi) is 16.6. The Morgan fingerprint density at radius 2 is 1.58 bits per heavy atom. The minimum Gasteiger partial charge on any atom is -0.316 e. The minimum atomic E-state index is 0.503. The molecule has 0 amide bonds. The van der Waals surface area contributed by atoms with Crippen molar-refractivity contribution < 1.29 is 0 Å². The minimum absolute atomic E-state index is 0.503. The molecule has 2 N–H and O–H groups in total. The molecule has 0 aromatic heterocycles. The average Bonchev–Trinajstić information content (AvgIpc) is 3.43. The number of rotatable bonds is 19. The van der Waals surface area contributed by atoms with Crippen molar-refractivity contribution in [2.45, 2.75) is 30.9 Å². The largest absolute Gasteiger partial charge is 0.316 e. The predicted molar refractivity (Wildman–Crippen MR) is 132 cm³/mol. The van der Waals surface area contributed by atoms with Crippen LogP contribution in [-0.4, -0.2) is 71.6 Å². The second-order valence-corrected chi connectivity index (χ2v) is 12.1. The van der Waals surface area contributed by atoms with E-state index in [0.717, 1.165) is 31.9 Å². The number of thioether (sulfide) groups is 4. The Balaban J connectivity index is 2.55. The van der Waals surface area contributed by atoms with Gasteiger partial charge in [-0.15, -0.1) is 46.7 Å². The molecule has 2 unspecified atom stereocenters. The molecule has 0 heterocycles. The third kappa shape index (κ3) is 10.6. The first kappa shape index (κ1) is 25.9. The van der Waals surface area contributed by atoms with E-state index < -0.39 is 0 Å². The van der Waals surface area contributed by atoms with Crippen molar-refractivity contribution in [1.29, 1.82) is 0 Å². The fraction of sp³-hybridized carbons (Fsp3) is 1.00. The van der Waals surface area contributed by atoms with E-state index in [1.807, 2.05) is 47.0 Å². The molecule has 0 spiro atoms. The van der Waals surface area contributed by atoms with Gasteiger partial charge in [0.15, 0.2) is 0 Å². The molecule has 156 valence electrons. The third-order valence-corrected chi connectivity index (χ3v) is 9.29. The predicted octanol–water partition coefficient (Wildman–Crippen LogP) is 5.30. The van der Waals surface area contributed by atoms with Gasteiger partial charge in [-0.1, -0.05) is 0 Å². The summed E-state index contributed by atoms with van der Waals surface area (Å²) in [6, 6.07) is 0. The van der Waals surface area contributed by atoms with E-state index in [2.05, 4.69) is 23.1 Å². The summed E-state index contributed by atoms with van der Waals surface area (Å²) in [6.45, 7) is 4.47. The van der Waals surface area contributed by atoms with Gasteiger partial charge in [-0.2, -0.15) is 23.5 Å². The monoisotopic (exact) mass is 478 g/mol. The molecule has 1 rings (SSSR count). The lowest BCUT2D eigenvalue weighted by atomic mass is 9.87. The lowest BCUT2D eigenvalue weighted by Crippen LogP contribution is -2.35. The summed E-state index contributed by atoms with van der Waals surface area (Å²) >= 11 is 19.9. The molecule has 1 fully saturated rings. The molecule has 8 heteroatoms. The maximum Gasteiger partial charge on any atom is 0.0683 e. The van der Waals surface area contributed by atoms with E-state index in [-0.39, 0.29) is 0 Å². The van der Waals surface area contributed by atoms with E-state index >= 15 is 0 Å². The summed E-state index contributed by atoms with van der Waals surface area (Å²) in [5.41, 5.74) is 0.503. The highest BCUT2D eigenvalue weighted by atomic mass is 35.5. The summed E-state index contributed by atoms with van der Waals surface area (Å²) in [4.78, 5) is 0. The smallest absolute Gasteiger partial charge is 0.0683 e. The zero-order valence-corrected chi connectivity index (χ0v) is 21.0. The molecule has 0 aromatic rings. The molecule has 1 aliphatic rings. The lowest BCUT2D eigenvalue weighted by molar-refractivity contribution is 0.347. The van der Waals surface area contributed by atoms with Gasteiger partial charge in [0.2, 0.25) is 0 Å². The van der Waals surface area contributed by atoms with Crippen molar-refractivity contribution >= 4 is 70.2 Å². The Labute approximate surface area is 188 Å². The van der Waals surface area contributed by atoms with Gasteiger partial charge < -0.3 is 10.6 Å². The quantitative estimate of drug-likeness (QED) is 0.193. The molecule has 1 aliphatic carbocycles. The van der Waals surface area contributed by atoms with Crippen LogP contribution in [0.2, 0.25) is 0 Å². The van der Waals surface area contributed by atoms with Crippen LogP contribution in [0.15, 0.2) is 0 Å². The molecule has 2 nitrogen and oxygen atoms in total. The number of alkyl halides is 2. The highest BCUT2D eigenvalue weighted by molar-refractivity contribution is 8.01.